The Morgan fingerprint density at radius 2 is 2.04 bits per heavy atom. The minimum Gasteiger partial charge on any atom is -0.383 e. The van der Waals surface area contributed by atoms with Gasteiger partial charge >= 0.3 is 0 Å². The molecular formula is C18H15N5S. The highest BCUT2D eigenvalue weighted by Gasteiger charge is 2.14. The summed E-state index contributed by atoms with van der Waals surface area (Å²) < 4.78 is 0. The number of thiophene rings is 1. The summed E-state index contributed by atoms with van der Waals surface area (Å²) in [5.41, 5.74) is 7.54. The van der Waals surface area contributed by atoms with Crippen molar-refractivity contribution in [3.8, 4) is 17.5 Å². The molecule has 0 unspecified atom stereocenters. The first-order valence-corrected chi connectivity index (χ1v) is 8.48. The number of benzene rings is 1. The molecule has 5 nitrogen and oxygen atoms in total. The van der Waals surface area contributed by atoms with E-state index in [1.165, 1.54) is 4.88 Å². The van der Waals surface area contributed by atoms with Crippen LogP contribution in [0.25, 0.3) is 21.6 Å². The third kappa shape index (κ3) is 2.75. The SMILES string of the molecule is N#Cc1cccc(-c2nc(N)c3cc(CN4CC=CC4)sc3n2)c1. The molecule has 2 N–H and O–H groups in total. The number of hydrogen-bond donors (Lipinski definition) is 1. The predicted molar refractivity (Wildman–Crippen MR) is 96.4 cm³/mol. The maximum Gasteiger partial charge on any atom is 0.163 e. The first-order chi connectivity index (χ1) is 11.7. The van der Waals surface area contributed by atoms with Gasteiger partial charge in [-0.15, -0.1) is 11.3 Å². The number of nitrogen functional groups attached to an aromatic ring is 1. The summed E-state index contributed by atoms with van der Waals surface area (Å²) >= 11 is 1.65. The lowest BCUT2D eigenvalue weighted by atomic mass is 10.1. The number of nitriles is 1. The van der Waals surface area contributed by atoms with Crippen LogP contribution < -0.4 is 5.73 Å². The van der Waals surface area contributed by atoms with Crippen molar-refractivity contribution in [2.75, 3.05) is 18.8 Å². The zero-order valence-corrected chi connectivity index (χ0v) is 13.8. The first kappa shape index (κ1) is 14.8. The van der Waals surface area contributed by atoms with Crippen molar-refractivity contribution in [1.29, 1.82) is 5.26 Å². The monoisotopic (exact) mass is 333 g/mol. The predicted octanol–water partition coefficient (Wildman–Crippen LogP) is 3.18. The molecule has 3 aromatic rings. The minimum atomic E-state index is 0.486. The van der Waals surface area contributed by atoms with Crippen molar-refractivity contribution >= 4 is 27.4 Å². The molecule has 2 aromatic heterocycles. The summed E-state index contributed by atoms with van der Waals surface area (Å²) in [4.78, 5) is 13.6. The van der Waals surface area contributed by atoms with E-state index in [9.17, 15) is 0 Å². The van der Waals surface area contributed by atoms with Crippen LogP contribution in [0.1, 0.15) is 10.4 Å². The zero-order chi connectivity index (χ0) is 16.5. The van der Waals surface area contributed by atoms with Crippen LogP contribution >= 0.6 is 11.3 Å². The summed E-state index contributed by atoms with van der Waals surface area (Å²) in [6.45, 7) is 2.87. The van der Waals surface area contributed by atoms with E-state index in [0.717, 1.165) is 35.4 Å². The summed E-state index contributed by atoms with van der Waals surface area (Å²) in [7, 11) is 0. The molecular weight excluding hydrogens is 318 g/mol. The second-order valence-corrected chi connectivity index (χ2v) is 6.84. The number of nitrogens with two attached hydrogens (primary N) is 1. The van der Waals surface area contributed by atoms with E-state index < -0.39 is 0 Å². The molecule has 0 fully saturated rings. The van der Waals surface area contributed by atoms with Gasteiger partial charge in [-0.3, -0.25) is 4.90 Å². The minimum absolute atomic E-state index is 0.486. The van der Waals surface area contributed by atoms with Crippen LogP contribution in [0.4, 0.5) is 5.82 Å². The van der Waals surface area contributed by atoms with Crippen LogP contribution in [0.15, 0.2) is 42.5 Å². The smallest absolute Gasteiger partial charge is 0.163 e. The number of fused-ring (bicyclic) bond motifs is 1. The van der Waals surface area contributed by atoms with Crippen LogP contribution in [0, 0.1) is 11.3 Å². The molecule has 118 valence electrons. The highest BCUT2D eigenvalue weighted by Crippen LogP contribution is 2.31. The number of hydrogen-bond acceptors (Lipinski definition) is 6. The third-order valence-corrected chi connectivity index (χ3v) is 5.01. The highest BCUT2D eigenvalue weighted by atomic mass is 32.1. The van der Waals surface area contributed by atoms with E-state index in [1.807, 2.05) is 12.1 Å². The van der Waals surface area contributed by atoms with Gasteiger partial charge in [0.1, 0.15) is 10.6 Å². The van der Waals surface area contributed by atoms with Crippen LogP contribution in [0.2, 0.25) is 0 Å². The van der Waals surface area contributed by atoms with Crippen LogP contribution in [-0.4, -0.2) is 28.0 Å². The molecule has 0 radical (unpaired) electrons. The molecule has 0 atom stereocenters. The van der Waals surface area contributed by atoms with Gasteiger partial charge in [-0.1, -0.05) is 24.3 Å². The van der Waals surface area contributed by atoms with E-state index in [2.05, 4.69) is 39.2 Å². The van der Waals surface area contributed by atoms with Gasteiger partial charge in [0.15, 0.2) is 5.82 Å². The second-order valence-electron chi connectivity index (χ2n) is 5.72. The van der Waals surface area contributed by atoms with Crippen LogP contribution in [0.5, 0.6) is 0 Å². The summed E-state index contributed by atoms with van der Waals surface area (Å²) in [5.74, 6) is 1.05. The Balaban J connectivity index is 1.72. The van der Waals surface area contributed by atoms with E-state index in [4.69, 9.17) is 11.0 Å². The summed E-state index contributed by atoms with van der Waals surface area (Å²) in [6, 6.07) is 11.5. The average Bonchev–Trinajstić information content (AvgIpc) is 3.25. The molecule has 0 saturated carbocycles. The lowest BCUT2D eigenvalue weighted by molar-refractivity contribution is 0.348. The van der Waals surface area contributed by atoms with Gasteiger partial charge in [0.05, 0.1) is 17.0 Å². The lowest BCUT2D eigenvalue weighted by Gasteiger charge is -2.12. The number of aromatic nitrogens is 2. The molecule has 1 aliphatic rings. The topological polar surface area (TPSA) is 78.8 Å². The first-order valence-electron chi connectivity index (χ1n) is 7.67. The fraction of sp³-hybridized carbons (Fsp3) is 0.167. The standard InChI is InChI=1S/C18H15N5S/c19-10-12-4-3-5-13(8-12)17-21-16(20)15-9-14(24-18(15)22-17)11-23-6-1-2-7-23/h1-5,8-9H,6-7,11H2,(H2,20,21,22). The summed E-state index contributed by atoms with van der Waals surface area (Å²) in [6.07, 6.45) is 4.36. The van der Waals surface area contributed by atoms with E-state index in [-0.39, 0.29) is 0 Å². The molecule has 1 aromatic carbocycles. The van der Waals surface area contributed by atoms with Gasteiger partial charge in [-0.2, -0.15) is 5.26 Å². The van der Waals surface area contributed by atoms with Crippen molar-refractivity contribution < 1.29 is 0 Å². The van der Waals surface area contributed by atoms with Crippen molar-refractivity contribution in [3.63, 3.8) is 0 Å². The second kappa shape index (κ2) is 6.04. The molecule has 6 heteroatoms. The molecule has 1 aliphatic heterocycles. The summed E-state index contributed by atoms with van der Waals surface area (Å²) in [5, 5.41) is 9.96. The highest BCUT2D eigenvalue weighted by molar-refractivity contribution is 7.18. The number of rotatable bonds is 3. The Morgan fingerprint density at radius 3 is 2.83 bits per heavy atom. The molecule has 4 rings (SSSR count). The van der Waals surface area contributed by atoms with E-state index in [1.54, 1.807) is 23.5 Å². The van der Waals surface area contributed by atoms with Crippen molar-refractivity contribution in [2.24, 2.45) is 0 Å². The third-order valence-electron chi connectivity index (χ3n) is 4.00. The Bertz CT molecular complexity index is 975. The number of anilines is 1. The molecule has 3 heterocycles. The fourth-order valence-corrected chi connectivity index (χ4v) is 3.88. The maximum absolute atomic E-state index is 9.05. The van der Waals surface area contributed by atoms with Crippen molar-refractivity contribution in [2.45, 2.75) is 6.54 Å². The normalized spacial score (nSPS) is 14.3. The van der Waals surface area contributed by atoms with Gasteiger partial charge in [0.2, 0.25) is 0 Å². The van der Waals surface area contributed by atoms with E-state index in [0.29, 0.717) is 17.2 Å². The largest absolute Gasteiger partial charge is 0.383 e. The molecule has 24 heavy (non-hydrogen) atoms. The Labute approximate surface area is 143 Å². The van der Waals surface area contributed by atoms with Gasteiger partial charge in [-0.05, 0) is 18.2 Å². The molecule has 0 spiro atoms. The Hall–Kier alpha value is -2.75. The van der Waals surface area contributed by atoms with Crippen molar-refractivity contribution in [3.05, 3.63) is 52.9 Å². The quantitative estimate of drug-likeness (QED) is 0.745. The molecule has 0 bridgehead atoms. The van der Waals surface area contributed by atoms with Crippen LogP contribution in [-0.2, 0) is 6.54 Å². The van der Waals surface area contributed by atoms with Gasteiger partial charge in [0, 0.05) is 30.1 Å². The fourth-order valence-electron chi connectivity index (χ4n) is 2.80. The lowest BCUT2D eigenvalue weighted by Crippen LogP contribution is -2.18. The molecule has 0 saturated heterocycles. The Morgan fingerprint density at radius 1 is 1.21 bits per heavy atom. The van der Waals surface area contributed by atoms with Crippen molar-refractivity contribution in [1.82, 2.24) is 14.9 Å². The maximum atomic E-state index is 9.05. The van der Waals surface area contributed by atoms with Gasteiger partial charge in [0.25, 0.3) is 0 Å². The zero-order valence-electron chi connectivity index (χ0n) is 12.9. The average molecular weight is 333 g/mol. The number of nitrogens with zero attached hydrogens (tertiary/aromatic N) is 4. The Kier molecular flexibility index (Phi) is 3.73. The van der Waals surface area contributed by atoms with Crippen LogP contribution in [0.3, 0.4) is 0 Å². The molecule has 0 amide bonds. The van der Waals surface area contributed by atoms with Gasteiger partial charge in [-0.25, -0.2) is 9.97 Å². The van der Waals surface area contributed by atoms with E-state index >= 15 is 0 Å². The van der Waals surface area contributed by atoms with Gasteiger partial charge < -0.3 is 5.73 Å². The molecule has 0 aliphatic carbocycles.